The predicted octanol–water partition coefficient (Wildman–Crippen LogP) is 1.17. The van der Waals surface area contributed by atoms with E-state index in [0.717, 1.165) is 5.56 Å². The number of hydrogen-bond acceptors (Lipinski definition) is 6. The highest BCUT2D eigenvalue weighted by atomic mass is 32.2. The number of aromatic amines is 1. The molecule has 0 amide bonds. The molecular formula is C13H14N4O3S. The number of oxime groups is 1. The molecule has 110 valence electrons. The Morgan fingerprint density at radius 1 is 1.52 bits per heavy atom. The molecule has 1 aromatic heterocycles. The average Bonchev–Trinajstić information content (AvgIpc) is 2.52. The van der Waals surface area contributed by atoms with Gasteiger partial charge in [0.15, 0.2) is 11.0 Å². The number of H-pyrrole nitrogens is 1. The molecule has 0 atom stereocenters. The second-order valence-corrected chi connectivity index (χ2v) is 5.01. The molecule has 0 radical (unpaired) electrons. The van der Waals surface area contributed by atoms with Crippen molar-refractivity contribution in [2.45, 2.75) is 10.9 Å². The lowest BCUT2D eigenvalue weighted by Gasteiger charge is -2.09. The molecule has 0 saturated carbocycles. The molecule has 0 saturated heterocycles. The monoisotopic (exact) mass is 306 g/mol. The van der Waals surface area contributed by atoms with E-state index in [0.29, 0.717) is 22.2 Å². The van der Waals surface area contributed by atoms with Crippen molar-refractivity contribution in [2.24, 2.45) is 10.9 Å². The van der Waals surface area contributed by atoms with Crippen molar-refractivity contribution in [3.8, 4) is 5.75 Å². The minimum atomic E-state index is -0.195. The standard InChI is InChI=1S/C13H14N4O3S/c1-20-10-3-2-8(6-9(10)12(14)17-19)7-21-13-15-5-4-11(18)16-13/h2-6,19H,7H2,1H3,(H2,14,17)(H,15,16,18). The summed E-state index contributed by atoms with van der Waals surface area (Å²) in [6.07, 6.45) is 1.46. The number of aromatic nitrogens is 2. The van der Waals surface area contributed by atoms with Crippen molar-refractivity contribution in [3.63, 3.8) is 0 Å². The van der Waals surface area contributed by atoms with Crippen LogP contribution in [0, 0.1) is 0 Å². The van der Waals surface area contributed by atoms with Gasteiger partial charge in [0, 0.05) is 18.0 Å². The Bertz CT molecular complexity index is 715. The maximum atomic E-state index is 11.2. The normalized spacial score (nSPS) is 11.4. The maximum Gasteiger partial charge on any atom is 0.251 e. The molecule has 0 spiro atoms. The van der Waals surface area contributed by atoms with Gasteiger partial charge in [-0.25, -0.2) is 4.98 Å². The Morgan fingerprint density at radius 3 is 3.00 bits per heavy atom. The quantitative estimate of drug-likeness (QED) is 0.191. The molecule has 1 aromatic carbocycles. The van der Waals surface area contributed by atoms with Gasteiger partial charge in [0.05, 0.1) is 12.7 Å². The predicted molar refractivity (Wildman–Crippen MR) is 79.9 cm³/mol. The number of nitrogens with two attached hydrogens (primary N) is 1. The molecule has 8 heteroatoms. The van der Waals surface area contributed by atoms with Crippen molar-refractivity contribution < 1.29 is 9.94 Å². The van der Waals surface area contributed by atoms with E-state index < -0.39 is 0 Å². The second kappa shape index (κ2) is 6.80. The summed E-state index contributed by atoms with van der Waals surface area (Å²) in [5.74, 6) is 1.07. The SMILES string of the molecule is COc1ccc(CSc2nccc(=O)[nH]2)cc1C(N)=NO. The Hall–Kier alpha value is -2.48. The Labute approximate surface area is 124 Å². The molecule has 0 aliphatic carbocycles. The van der Waals surface area contributed by atoms with Crippen LogP contribution in [0.2, 0.25) is 0 Å². The Morgan fingerprint density at radius 2 is 2.33 bits per heavy atom. The largest absolute Gasteiger partial charge is 0.496 e. The molecule has 0 aliphatic heterocycles. The van der Waals surface area contributed by atoms with Crippen molar-refractivity contribution in [3.05, 3.63) is 51.9 Å². The van der Waals surface area contributed by atoms with Crippen molar-refractivity contribution in [2.75, 3.05) is 7.11 Å². The van der Waals surface area contributed by atoms with Crippen LogP contribution in [0.4, 0.5) is 0 Å². The van der Waals surface area contributed by atoms with Gasteiger partial charge in [-0.1, -0.05) is 23.0 Å². The first kappa shape index (κ1) is 14.9. The third kappa shape index (κ3) is 3.76. The van der Waals surface area contributed by atoms with Gasteiger partial charge in [-0.05, 0) is 17.7 Å². The van der Waals surface area contributed by atoms with Crippen LogP contribution >= 0.6 is 11.8 Å². The van der Waals surface area contributed by atoms with Crippen LogP contribution in [0.3, 0.4) is 0 Å². The van der Waals surface area contributed by atoms with Crippen LogP contribution in [-0.4, -0.2) is 28.1 Å². The number of amidine groups is 1. The smallest absolute Gasteiger partial charge is 0.251 e. The lowest BCUT2D eigenvalue weighted by atomic mass is 10.1. The Kier molecular flexibility index (Phi) is 4.83. The first-order chi connectivity index (χ1) is 10.1. The Balaban J connectivity index is 2.19. The van der Waals surface area contributed by atoms with Crippen molar-refractivity contribution >= 4 is 17.6 Å². The molecule has 0 fully saturated rings. The molecular weight excluding hydrogens is 292 g/mol. The fourth-order valence-corrected chi connectivity index (χ4v) is 2.47. The third-order valence-electron chi connectivity index (χ3n) is 2.67. The van der Waals surface area contributed by atoms with Crippen LogP contribution in [0.5, 0.6) is 5.75 Å². The molecule has 2 rings (SSSR count). The van der Waals surface area contributed by atoms with Gasteiger partial charge in [-0.3, -0.25) is 4.79 Å². The van der Waals surface area contributed by atoms with Crippen LogP contribution in [-0.2, 0) is 5.75 Å². The topological polar surface area (TPSA) is 114 Å². The van der Waals surface area contributed by atoms with E-state index in [4.69, 9.17) is 15.7 Å². The molecule has 21 heavy (non-hydrogen) atoms. The molecule has 0 aliphatic rings. The highest BCUT2D eigenvalue weighted by Gasteiger charge is 2.09. The zero-order chi connectivity index (χ0) is 15.2. The summed E-state index contributed by atoms with van der Waals surface area (Å²) < 4.78 is 5.16. The number of nitrogens with zero attached hydrogens (tertiary/aromatic N) is 2. The molecule has 2 aromatic rings. The fraction of sp³-hybridized carbons (Fsp3) is 0.154. The lowest BCUT2D eigenvalue weighted by molar-refractivity contribution is 0.318. The highest BCUT2D eigenvalue weighted by Crippen LogP contribution is 2.24. The van der Waals surface area contributed by atoms with Crippen molar-refractivity contribution in [1.82, 2.24) is 9.97 Å². The number of methoxy groups -OCH3 is 1. The molecule has 4 N–H and O–H groups in total. The third-order valence-corrected chi connectivity index (χ3v) is 3.63. The second-order valence-electron chi connectivity index (χ2n) is 4.05. The first-order valence-electron chi connectivity index (χ1n) is 5.97. The van der Waals surface area contributed by atoms with E-state index in [9.17, 15) is 4.79 Å². The zero-order valence-electron chi connectivity index (χ0n) is 11.2. The summed E-state index contributed by atoms with van der Waals surface area (Å²) in [7, 11) is 1.51. The van der Waals surface area contributed by atoms with Crippen LogP contribution < -0.4 is 16.0 Å². The summed E-state index contributed by atoms with van der Waals surface area (Å²) in [5, 5.41) is 12.3. The first-order valence-corrected chi connectivity index (χ1v) is 6.95. The fourth-order valence-electron chi connectivity index (χ4n) is 1.68. The lowest BCUT2D eigenvalue weighted by Crippen LogP contribution is -2.14. The molecule has 0 bridgehead atoms. The number of benzene rings is 1. The molecule has 7 nitrogen and oxygen atoms in total. The summed E-state index contributed by atoms with van der Waals surface area (Å²) in [5.41, 5.74) is 6.86. The van der Waals surface area contributed by atoms with Gasteiger partial charge in [0.2, 0.25) is 0 Å². The number of ether oxygens (including phenoxy) is 1. The summed E-state index contributed by atoms with van der Waals surface area (Å²) in [6.45, 7) is 0. The minimum Gasteiger partial charge on any atom is -0.496 e. The van der Waals surface area contributed by atoms with Crippen molar-refractivity contribution in [1.29, 1.82) is 0 Å². The zero-order valence-corrected chi connectivity index (χ0v) is 12.1. The van der Waals surface area contributed by atoms with Crippen LogP contribution in [0.15, 0.2) is 45.6 Å². The van der Waals surface area contributed by atoms with E-state index in [1.54, 1.807) is 12.1 Å². The summed E-state index contributed by atoms with van der Waals surface area (Å²) >= 11 is 1.38. The summed E-state index contributed by atoms with van der Waals surface area (Å²) in [6, 6.07) is 6.72. The van der Waals surface area contributed by atoms with Gasteiger partial charge < -0.3 is 20.7 Å². The number of thioether (sulfide) groups is 1. The number of nitrogens with one attached hydrogen (secondary N) is 1. The number of rotatable bonds is 5. The minimum absolute atomic E-state index is 0.0232. The van der Waals surface area contributed by atoms with E-state index in [-0.39, 0.29) is 11.4 Å². The van der Waals surface area contributed by atoms with Gasteiger partial charge in [0.25, 0.3) is 5.56 Å². The molecule has 0 unspecified atom stereocenters. The van der Waals surface area contributed by atoms with Gasteiger partial charge in [0.1, 0.15) is 5.75 Å². The van der Waals surface area contributed by atoms with Gasteiger partial charge in [-0.15, -0.1) is 0 Å². The average molecular weight is 306 g/mol. The van der Waals surface area contributed by atoms with E-state index in [1.165, 1.54) is 31.1 Å². The van der Waals surface area contributed by atoms with Gasteiger partial charge in [-0.2, -0.15) is 0 Å². The van der Waals surface area contributed by atoms with E-state index in [2.05, 4.69) is 15.1 Å². The van der Waals surface area contributed by atoms with Gasteiger partial charge >= 0.3 is 0 Å². The molecule has 1 heterocycles. The number of hydrogen-bond donors (Lipinski definition) is 3. The maximum absolute atomic E-state index is 11.2. The highest BCUT2D eigenvalue weighted by molar-refractivity contribution is 7.98. The summed E-state index contributed by atoms with van der Waals surface area (Å²) in [4.78, 5) is 17.9. The van der Waals surface area contributed by atoms with E-state index >= 15 is 0 Å². The van der Waals surface area contributed by atoms with Crippen LogP contribution in [0.25, 0.3) is 0 Å². The van der Waals surface area contributed by atoms with Crippen LogP contribution in [0.1, 0.15) is 11.1 Å². The van der Waals surface area contributed by atoms with E-state index in [1.807, 2.05) is 6.07 Å².